The van der Waals surface area contributed by atoms with E-state index in [1.54, 1.807) is 0 Å². The number of esters is 1. The van der Waals surface area contributed by atoms with Crippen molar-refractivity contribution < 1.29 is 14.3 Å². The summed E-state index contributed by atoms with van der Waals surface area (Å²) < 4.78 is 10.7. The maximum absolute atomic E-state index is 11.8. The van der Waals surface area contributed by atoms with E-state index in [-0.39, 0.29) is 11.4 Å². The highest BCUT2D eigenvalue weighted by molar-refractivity contribution is 5.95. The van der Waals surface area contributed by atoms with E-state index in [0.717, 1.165) is 5.56 Å². The molecule has 0 aromatic heterocycles. The minimum Gasteiger partial charge on any atom is -0.446 e. The molecule has 1 saturated heterocycles. The third-order valence-electron chi connectivity index (χ3n) is 3.55. The zero-order chi connectivity index (χ0) is 12.3. The Morgan fingerprint density at radius 3 is 2.47 bits per heavy atom. The Labute approximate surface area is 101 Å². The van der Waals surface area contributed by atoms with Crippen molar-refractivity contribution in [2.24, 2.45) is 0 Å². The fourth-order valence-electron chi connectivity index (χ4n) is 2.36. The molecule has 2 aliphatic heterocycles. The van der Waals surface area contributed by atoms with Gasteiger partial charge in [-0.05, 0) is 17.0 Å². The van der Waals surface area contributed by atoms with Crippen molar-refractivity contribution in [3.05, 3.63) is 34.9 Å². The molecule has 3 heteroatoms. The molecule has 1 aromatic rings. The van der Waals surface area contributed by atoms with Crippen LogP contribution >= 0.6 is 0 Å². The van der Waals surface area contributed by atoms with Crippen LogP contribution in [0.5, 0.6) is 0 Å². The van der Waals surface area contributed by atoms with Crippen LogP contribution in [-0.4, -0.2) is 19.2 Å². The van der Waals surface area contributed by atoms with Gasteiger partial charge in [-0.3, -0.25) is 0 Å². The molecule has 0 unspecified atom stereocenters. The minimum atomic E-state index is -0.492. The van der Waals surface area contributed by atoms with Gasteiger partial charge in [0.15, 0.2) is 5.60 Å². The molecule has 0 N–H and O–H groups in total. The first-order valence-corrected chi connectivity index (χ1v) is 5.88. The average molecular weight is 232 g/mol. The summed E-state index contributed by atoms with van der Waals surface area (Å²) >= 11 is 0. The molecule has 1 aromatic carbocycles. The number of hydrogen-bond donors (Lipinski definition) is 0. The van der Waals surface area contributed by atoms with Crippen molar-refractivity contribution >= 4 is 5.97 Å². The number of ether oxygens (including phenoxy) is 2. The predicted molar refractivity (Wildman–Crippen MR) is 63.1 cm³/mol. The number of hydrogen-bond acceptors (Lipinski definition) is 3. The Morgan fingerprint density at radius 1 is 1.24 bits per heavy atom. The third kappa shape index (κ3) is 1.42. The Morgan fingerprint density at radius 2 is 1.94 bits per heavy atom. The quantitative estimate of drug-likeness (QED) is 0.644. The van der Waals surface area contributed by atoms with E-state index in [9.17, 15) is 4.79 Å². The van der Waals surface area contributed by atoms with Gasteiger partial charge in [0.05, 0.1) is 18.8 Å². The van der Waals surface area contributed by atoms with Crippen LogP contribution in [0.3, 0.4) is 0 Å². The van der Waals surface area contributed by atoms with Gasteiger partial charge in [0.2, 0.25) is 0 Å². The molecule has 0 amide bonds. The van der Waals surface area contributed by atoms with Gasteiger partial charge in [-0.1, -0.05) is 32.9 Å². The summed E-state index contributed by atoms with van der Waals surface area (Å²) in [4.78, 5) is 11.8. The maximum atomic E-state index is 11.8. The molecule has 1 fully saturated rings. The molecule has 0 saturated carbocycles. The minimum absolute atomic E-state index is 0.0759. The summed E-state index contributed by atoms with van der Waals surface area (Å²) in [5.41, 5.74) is 2.50. The van der Waals surface area contributed by atoms with Crippen molar-refractivity contribution in [2.75, 3.05) is 13.2 Å². The maximum Gasteiger partial charge on any atom is 0.339 e. The third-order valence-corrected chi connectivity index (χ3v) is 3.55. The van der Waals surface area contributed by atoms with Crippen molar-refractivity contribution in [3.8, 4) is 0 Å². The van der Waals surface area contributed by atoms with E-state index in [4.69, 9.17) is 9.47 Å². The van der Waals surface area contributed by atoms with E-state index in [2.05, 4.69) is 26.8 Å². The molecular formula is C14H16O3. The number of carbonyl (C=O) groups excluding carboxylic acids is 1. The Bertz CT molecular complexity index is 493. The van der Waals surface area contributed by atoms with Gasteiger partial charge in [-0.15, -0.1) is 0 Å². The second-order valence-electron chi connectivity index (χ2n) is 5.89. The Kier molecular flexibility index (Phi) is 1.97. The monoisotopic (exact) mass is 232 g/mol. The lowest BCUT2D eigenvalue weighted by atomic mass is 9.82. The lowest BCUT2D eigenvalue weighted by molar-refractivity contribution is -0.179. The lowest BCUT2D eigenvalue weighted by Gasteiger charge is -2.37. The molecule has 1 spiro atoms. The van der Waals surface area contributed by atoms with Crippen LogP contribution in [0.2, 0.25) is 0 Å². The van der Waals surface area contributed by atoms with Gasteiger partial charge in [0, 0.05) is 5.56 Å². The van der Waals surface area contributed by atoms with E-state index in [1.165, 1.54) is 5.56 Å². The van der Waals surface area contributed by atoms with Crippen molar-refractivity contribution in [1.82, 2.24) is 0 Å². The second-order valence-corrected chi connectivity index (χ2v) is 5.89. The molecule has 3 rings (SSSR count). The average Bonchev–Trinajstić information content (AvgIpc) is 2.50. The zero-order valence-corrected chi connectivity index (χ0v) is 10.4. The summed E-state index contributed by atoms with van der Waals surface area (Å²) in [7, 11) is 0. The van der Waals surface area contributed by atoms with Crippen LogP contribution in [0, 0.1) is 0 Å². The van der Waals surface area contributed by atoms with Gasteiger partial charge in [-0.2, -0.15) is 0 Å². The highest BCUT2D eigenvalue weighted by Crippen LogP contribution is 2.43. The lowest BCUT2D eigenvalue weighted by Crippen LogP contribution is -2.46. The fraction of sp³-hybridized carbons (Fsp3) is 0.500. The smallest absolute Gasteiger partial charge is 0.339 e. The first-order chi connectivity index (χ1) is 7.92. The summed E-state index contributed by atoms with van der Waals surface area (Å²) in [5.74, 6) is -0.219. The summed E-state index contributed by atoms with van der Waals surface area (Å²) in [6, 6.07) is 5.99. The predicted octanol–water partition coefficient (Wildman–Crippen LogP) is 2.38. The van der Waals surface area contributed by atoms with Crippen LogP contribution in [0.1, 0.15) is 42.3 Å². The summed E-state index contributed by atoms with van der Waals surface area (Å²) in [6.45, 7) is 7.46. The summed E-state index contributed by atoms with van der Waals surface area (Å²) in [6.07, 6.45) is 0. The van der Waals surface area contributed by atoms with Gasteiger partial charge < -0.3 is 9.47 Å². The number of benzene rings is 1. The number of rotatable bonds is 0. The SMILES string of the molecule is CC(C)(C)c1ccc2c(c1)C1(COC1)OC2=O. The molecular weight excluding hydrogens is 216 g/mol. The second kappa shape index (κ2) is 3.10. The van der Waals surface area contributed by atoms with E-state index in [1.807, 2.05) is 12.1 Å². The molecule has 0 radical (unpaired) electrons. The van der Waals surface area contributed by atoms with Gasteiger partial charge >= 0.3 is 5.97 Å². The van der Waals surface area contributed by atoms with Crippen LogP contribution in [0.25, 0.3) is 0 Å². The van der Waals surface area contributed by atoms with E-state index in [0.29, 0.717) is 18.8 Å². The van der Waals surface area contributed by atoms with Crippen LogP contribution in [-0.2, 0) is 20.5 Å². The van der Waals surface area contributed by atoms with Crippen LogP contribution < -0.4 is 0 Å². The van der Waals surface area contributed by atoms with Crippen LogP contribution in [0.15, 0.2) is 18.2 Å². The first kappa shape index (κ1) is 10.8. The fourth-order valence-corrected chi connectivity index (χ4v) is 2.36. The molecule has 2 aliphatic rings. The molecule has 17 heavy (non-hydrogen) atoms. The molecule has 90 valence electrons. The van der Waals surface area contributed by atoms with E-state index < -0.39 is 5.60 Å². The van der Waals surface area contributed by atoms with E-state index >= 15 is 0 Å². The van der Waals surface area contributed by atoms with Gasteiger partial charge in [-0.25, -0.2) is 4.79 Å². The highest BCUT2D eigenvalue weighted by Gasteiger charge is 2.51. The normalized spacial score (nSPS) is 21.0. The molecule has 3 nitrogen and oxygen atoms in total. The number of fused-ring (bicyclic) bond motifs is 2. The van der Waals surface area contributed by atoms with Crippen LogP contribution in [0.4, 0.5) is 0 Å². The first-order valence-electron chi connectivity index (χ1n) is 5.88. The Balaban J connectivity index is 2.14. The van der Waals surface area contributed by atoms with Crippen molar-refractivity contribution in [2.45, 2.75) is 31.8 Å². The molecule has 0 atom stereocenters. The molecule has 0 bridgehead atoms. The zero-order valence-electron chi connectivity index (χ0n) is 10.4. The standard InChI is InChI=1S/C14H16O3/c1-13(2,3)9-4-5-10-11(6-9)14(7-16-8-14)17-12(10)15/h4-6H,7-8H2,1-3H3. The molecule has 2 heterocycles. The highest BCUT2D eigenvalue weighted by atomic mass is 16.6. The van der Waals surface area contributed by atoms with Gasteiger partial charge in [0.1, 0.15) is 0 Å². The van der Waals surface area contributed by atoms with Crippen molar-refractivity contribution in [1.29, 1.82) is 0 Å². The van der Waals surface area contributed by atoms with Gasteiger partial charge in [0.25, 0.3) is 0 Å². The summed E-state index contributed by atoms with van der Waals surface area (Å²) in [5, 5.41) is 0. The molecule has 0 aliphatic carbocycles. The Hall–Kier alpha value is -1.35. The van der Waals surface area contributed by atoms with Crippen molar-refractivity contribution in [3.63, 3.8) is 0 Å². The number of carbonyl (C=O) groups is 1. The largest absolute Gasteiger partial charge is 0.446 e. The topological polar surface area (TPSA) is 35.5 Å².